The Morgan fingerprint density at radius 2 is 1.85 bits per heavy atom. The van der Waals surface area contributed by atoms with Gasteiger partial charge in [-0.25, -0.2) is 14.2 Å². The molecule has 0 atom stereocenters. The maximum atomic E-state index is 13.6. The fourth-order valence-corrected chi connectivity index (χ4v) is 3.08. The molecule has 0 saturated carbocycles. The fourth-order valence-electron chi connectivity index (χ4n) is 3.08. The molecule has 0 bridgehead atoms. The van der Waals surface area contributed by atoms with E-state index in [4.69, 9.17) is 0 Å². The molecular weight excluding hydrogens is 331 g/mol. The lowest BCUT2D eigenvalue weighted by atomic mass is 10.0. The number of benzene rings is 1. The van der Waals surface area contributed by atoms with E-state index in [0.29, 0.717) is 17.8 Å². The average Bonchev–Trinajstić information content (AvgIpc) is 2.89. The molecule has 0 aliphatic heterocycles. The van der Waals surface area contributed by atoms with Gasteiger partial charge in [-0.3, -0.25) is 14.1 Å². The summed E-state index contributed by atoms with van der Waals surface area (Å²) in [6.07, 6.45) is 5.12. The molecule has 1 aromatic carbocycles. The minimum absolute atomic E-state index is 0.128. The lowest BCUT2D eigenvalue weighted by Crippen LogP contribution is -2.22. The maximum Gasteiger partial charge on any atom is 0.330 e. The Labute approximate surface area is 149 Å². The third kappa shape index (κ3) is 2.69. The van der Waals surface area contributed by atoms with Crippen LogP contribution in [0.25, 0.3) is 22.3 Å². The zero-order valence-electron chi connectivity index (χ0n) is 14.5. The number of aryl methyl sites for hydroxylation is 2. The number of pyridine rings is 2. The topological polar surface area (TPSA) is 52.7 Å². The van der Waals surface area contributed by atoms with E-state index in [1.807, 2.05) is 18.2 Å². The molecule has 0 fully saturated rings. The van der Waals surface area contributed by atoms with Crippen molar-refractivity contribution in [3.05, 3.63) is 82.4 Å². The molecule has 4 rings (SSSR count). The molecule has 3 heterocycles. The van der Waals surface area contributed by atoms with Crippen LogP contribution in [0.1, 0.15) is 11.1 Å². The molecule has 0 saturated heterocycles. The van der Waals surface area contributed by atoms with Gasteiger partial charge in [-0.2, -0.15) is 0 Å². The molecule has 130 valence electrons. The first-order chi connectivity index (χ1) is 12.5. The first-order valence-corrected chi connectivity index (χ1v) is 8.25. The van der Waals surface area contributed by atoms with Gasteiger partial charge in [0.05, 0.1) is 12.1 Å². The van der Waals surface area contributed by atoms with Gasteiger partial charge < -0.3 is 0 Å². The normalized spacial score (nSPS) is 11.2. The second-order valence-electron chi connectivity index (χ2n) is 6.31. The van der Waals surface area contributed by atoms with Crippen molar-refractivity contribution in [3.8, 4) is 11.1 Å². The lowest BCUT2D eigenvalue weighted by Gasteiger charge is -2.06. The Bertz CT molecular complexity index is 1160. The molecule has 0 unspecified atom stereocenters. The summed E-state index contributed by atoms with van der Waals surface area (Å²) in [5.74, 6) is -0.239. The van der Waals surface area contributed by atoms with Crippen molar-refractivity contribution in [2.45, 2.75) is 13.5 Å². The van der Waals surface area contributed by atoms with Crippen molar-refractivity contribution in [2.24, 2.45) is 7.05 Å². The Hall–Kier alpha value is -3.28. The van der Waals surface area contributed by atoms with E-state index in [9.17, 15) is 9.18 Å². The minimum Gasteiger partial charge on any atom is -0.286 e. The van der Waals surface area contributed by atoms with Crippen molar-refractivity contribution in [1.82, 2.24) is 19.1 Å². The van der Waals surface area contributed by atoms with Crippen molar-refractivity contribution in [1.29, 1.82) is 0 Å². The van der Waals surface area contributed by atoms with Crippen LogP contribution in [-0.2, 0) is 13.6 Å². The van der Waals surface area contributed by atoms with Crippen LogP contribution in [0.3, 0.4) is 0 Å². The average molecular weight is 348 g/mol. The van der Waals surface area contributed by atoms with Gasteiger partial charge in [-0.05, 0) is 53.9 Å². The van der Waals surface area contributed by atoms with Crippen molar-refractivity contribution in [3.63, 3.8) is 0 Å². The van der Waals surface area contributed by atoms with Gasteiger partial charge in [0.25, 0.3) is 0 Å². The summed E-state index contributed by atoms with van der Waals surface area (Å²) in [6.45, 7) is 2.17. The second kappa shape index (κ2) is 6.22. The van der Waals surface area contributed by atoms with E-state index in [1.165, 1.54) is 10.6 Å². The van der Waals surface area contributed by atoms with Crippen LogP contribution in [0, 0.1) is 12.7 Å². The van der Waals surface area contributed by atoms with E-state index in [0.717, 1.165) is 22.2 Å². The molecule has 26 heavy (non-hydrogen) atoms. The molecule has 0 aliphatic carbocycles. The quantitative estimate of drug-likeness (QED) is 0.571. The summed E-state index contributed by atoms with van der Waals surface area (Å²) in [4.78, 5) is 21.1. The van der Waals surface area contributed by atoms with Gasteiger partial charge in [0.15, 0.2) is 5.65 Å². The van der Waals surface area contributed by atoms with Crippen LogP contribution >= 0.6 is 0 Å². The van der Waals surface area contributed by atoms with Gasteiger partial charge in [0, 0.05) is 31.2 Å². The number of halogens is 1. The third-order valence-corrected chi connectivity index (χ3v) is 4.55. The summed E-state index contributed by atoms with van der Waals surface area (Å²) in [5, 5.41) is 0. The molecule has 0 radical (unpaired) electrons. The number of fused-ring (bicyclic) bond motifs is 1. The molecule has 3 aromatic heterocycles. The summed E-state index contributed by atoms with van der Waals surface area (Å²) in [6, 6.07) is 10.6. The summed E-state index contributed by atoms with van der Waals surface area (Å²) >= 11 is 0. The van der Waals surface area contributed by atoms with Crippen molar-refractivity contribution < 1.29 is 4.39 Å². The molecule has 0 spiro atoms. The Morgan fingerprint density at radius 1 is 1.08 bits per heavy atom. The summed E-state index contributed by atoms with van der Waals surface area (Å²) in [7, 11) is 1.71. The number of rotatable bonds is 3. The molecule has 5 nitrogen and oxygen atoms in total. The maximum absolute atomic E-state index is 13.6. The highest BCUT2D eigenvalue weighted by Crippen LogP contribution is 2.24. The zero-order valence-corrected chi connectivity index (χ0v) is 14.5. The van der Waals surface area contributed by atoms with Crippen molar-refractivity contribution >= 4 is 11.2 Å². The number of hydrogen-bond donors (Lipinski definition) is 0. The molecule has 0 N–H and O–H groups in total. The zero-order chi connectivity index (χ0) is 18.3. The van der Waals surface area contributed by atoms with Gasteiger partial charge in [-0.1, -0.05) is 6.07 Å². The fraction of sp³-hybridized carbons (Fsp3) is 0.150. The third-order valence-electron chi connectivity index (χ3n) is 4.55. The molecule has 0 amide bonds. The smallest absolute Gasteiger partial charge is 0.286 e. The SMILES string of the molecule is Cc1cc(-c2cnc3c(c2)n(Cc2ccncc2)c(=O)n3C)ccc1F. The van der Waals surface area contributed by atoms with E-state index >= 15 is 0 Å². The van der Waals surface area contributed by atoms with E-state index in [2.05, 4.69) is 9.97 Å². The largest absolute Gasteiger partial charge is 0.330 e. The van der Waals surface area contributed by atoms with Gasteiger partial charge in [-0.15, -0.1) is 0 Å². The van der Waals surface area contributed by atoms with Crippen molar-refractivity contribution in [2.75, 3.05) is 0 Å². The first kappa shape index (κ1) is 16.2. The minimum atomic E-state index is -0.239. The summed E-state index contributed by atoms with van der Waals surface area (Å²) < 4.78 is 16.8. The van der Waals surface area contributed by atoms with E-state index in [1.54, 1.807) is 49.3 Å². The van der Waals surface area contributed by atoms with Crippen LogP contribution in [-0.4, -0.2) is 19.1 Å². The van der Waals surface area contributed by atoms with Crippen LogP contribution in [0.2, 0.25) is 0 Å². The van der Waals surface area contributed by atoms with Crippen LogP contribution in [0.5, 0.6) is 0 Å². The number of aromatic nitrogens is 4. The molecular formula is C20H17FN4O. The van der Waals surface area contributed by atoms with Gasteiger partial charge >= 0.3 is 5.69 Å². The summed E-state index contributed by atoms with van der Waals surface area (Å²) in [5.41, 5.74) is 4.50. The molecule has 6 heteroatoms. The number of hydrogen-bond acceptors (Lipinski definition) is 3. The van der Waals surface area contributed by atoms with Crippen LogP contribution < -0.4 is 5.69 Å². The van der Waals surface area contributed by atoms with Gasteiger partial charge in [0.2, 0.25) is 0 Å². The van der Waals surface area contributed by atoms with Gasteiger partial charge in [0.1, 0.15) is 5.82 Å². The number of nitrogens with zero attached hydrogens (tertiary/aromatic N) is 4. The molecule has 0 aliphatic rings. The predicted octanol–water partition coefficient (Wildman–Crippen LogP) is 3.29. The van der Waals surface area contributed by atoms with Crippen LogP contribution in [0.4, 0.5) is 4.39 Å². The monoisotopic (exact) mass is 348 g/mol. The highest BCUT2D eigenvalue weighted by Gasteiger charge is 2.14. The highest BCUT2D eigenvalue weighted by molar-refractivity contribution is 5.79. The molecule has 4 aromatic rings. The number of imidazole rings is 1. The predicted molar refractivity (Wildman–Crippen MR) is 98.4 cm³/mol. The second-order valence-corrected chi connectivity index (χ2v) is 6.31. The van der Waals surface area contributed by atoms with E-state index < -0.39 is 0 Å². The Kier molecular flexibility index (Phi) is 3.88. The van der Waals surface area contributed by atoms with E-state index in [-0.39, 0.29) is 11.5 Å². The Morgan fingerprint density at radius 3 is 2.58 bits per heavy atom. The Balaban J connectivity index is 1.88. The lowest BCUT2D eigenvalue weighted by molar-refractivity contribution is 0.619. The first-order valence-electron chi connectivity index (χ1n) is 8.25. The standard InChI is InChI=1S/C20H17FN4O/c1-13-9-15(3-4-17(13)21)16-10-18-19(23-11-16)24(2)20(26)25(18)12-14-5-7-22-8-6-14/h3-11H,12H2,1-2H3. The van der Waals surface area contributed by atoms with Crippen LogP contribution in [0.15, 0.2) is 59.8 Å². The highest BCUT2D eigenvalue weighted by atomic mass is 19.1.